The van der Waals surface area contributed by atoms with Crippen molar-refractivity contribution in [3.05, 3.63) is 65.6 Å². The number of hydrogen-bond donors (Lipinski definition) is 3. The fourth-order valence-corrected chi connectivity index (χ4v) is 8.34. The molecule has 53 heavy (non-hydrogen) atoms. The number of aryl methyl sites for hydroxylation is 2. The SMILES string of the molecule is Cc1cnc(C(=O)NC2CCCCC/C=C\C3CC3(C(=O)NS(=O)(=O)C3CC3)NC(=O)C3CC(Oc4nc5c(F)cccc5nc4C)CN3C2=O)cn1. The van der Waals surface area contributed by atoms with E-state index in [1.54, 1.807) is 19.9 Å². The molecule has 3 fully saturated rings. The van der Waals surface area contributed by atoms with Gasteiger partial charge in [0.1, 0.15) is 40.6 Å². The van der Waals surface area contributed by atoms with Crippen LogP contribution in [0.25, 0.3) is 11.0 Å². The maximum absolute atomic E-state index is 14.7. The Hall–Kier alpha value is -5.06. The van der Waals surface area contributed by atoms with E-state index >= 15 is 0 Å². The van der Waals surface area contributed by atoms with Gasteiger partial charge in [-0.15, -0.1) is 0 Å². The summed E-state index contributed by atoms with van der Waals surface area (Å²) in [5.41, 5.74) is -0.208. The van der Waals surface area contributed by atoms with E-state index in [4.69, 9.17) is 4.74 Å². The van der Waals surface area contributed by atoms with E-state index < -0.39 is 74.4 Å². The molecule has 15 nitrogen and oxygen atoms in total. The molecule has 4 amide bonds. The molecule has 0 radical (unpaired) electrons. The van der Waals surface area contributed by atoms with Gasteiger partial charge in [0.2, 0.25) is 27.7 Å². The Morgan fingerprint density at radius 3 is 2.62 bits per heavy atom. The van der Waals surface area contributed by atoms with Crippen molar-refractivity contribution >= 4 is 44.7 Å². The van der Waals surface area contributed by atoms with Gasteiger partial charge in [-0.1, -0.05) is 31.1 Å². The van der Waals surface area contributed by atoms with Crippen LogP contribution in [0.2, 0.25) is 0 Å². The van der Waals surface area contributed by atoms with E-state index in [1.165, 1.54) is 29.4 Å². The quantitative estimate of drug-likeness (QED) is 0.300. The number of amides is 4. The number of hydrogen-bond acceptors (Lipinski definition) is 11. The van der Waals surface area contributed by atoms with Gasteiger partial charge in [0, 0.05) is 18.5 Å². The molecule has 1 saturated heterocycles. The van der Waals surface area contributed by atoms with Gasteiger partial charge in [-0.25, -0.2) is 27.8 Å². The molecule has 2 aliphatic heterocycles. The number of nitrogens with zero attached hydrogens (tertiary/aromatic N) is 5. The van der Waals surface area contributed by atoms with E-state index in [2.05, 4.69) is 35.3 Å². The highest BCUT2D eigenvalue weighted by atomic mass is 32.2. The van der Waals surface area contributed by atoms with Crippen molar-refractivity contribution in [3.8, 4) is 5.88 Å². The maximum Gasteiger partial charge on any atom is 0.272 e. The van der Waals surface area contributed by atoms with Crippen LogP contribution in [0.4, 0.5) is 4.39 Å². The Kier molecular flexibility index (Phi) is 9.86. The standard InChI is InChI=1S/C36H41FN8O7S/c1-20-17-39-28(18-38-20)31(46)41-27-11-7-5-3-4-6-9-22-16-36(22,35(49)44-53(50,51)24-13-14-24)43-32(47)29-15-23(19-45(29)34(27)48)52-33-21(2)40-26-12-8-10-25(37)30(26)42-33/h6,8-10,12,17-18,22-24,27,29H,3-5,7,11,13-16,19H2,1-2H3,(H,41,46)(H,43,47)(H,44,49)/b9-6-. The van der Waals surface area contributed by atoms with E-state index in [0.717, 1.165) is 12.8 Å². The van der Waals surface area contributed by atoms with Crippen molar-refractivity contribution in [2.45, 2.75) is 101 Å². The zero-order valence-electron chi connectivity index (χ0n) is 29.4. The molecule has 7 rings (SSSR count). The summed E-state index contributed by atoms with van der Waals surface area (Å²) in [5.74, 6) is -3.69. The number of carbonyl (C=O) groups excluding carboxylic acids is 4. The summed E-state index contributed by atoms with van der Waals surface area (Å²) in [7, 11) is -3.92. The Labute approximate surface area is 305 Å². The fourth-order valence-electron chi connectivity index (χ4n) is 6.97. The van der Waals surface area contributed by atoms with Crippen LogP contribution in [0.15, 0.2) is 42.7 Å². The van der Waals surface area contributed by atoms with Crippen molar-refractivity contribution in [2.75, 3.05) is 6.54 Å². The lowest BCUT2D eigenvalue weighted by Gasteiger charge is -2.29. The number of carbonyl (C=O) groups is 4. The van der Waals surface area contributed by atoms with E-state index in [0.29, 0.717) is 42.6 Å². The predicted molar refractivity (Wildman–Crippen MR) is 188 cm³/mol. The number of halogens is 1. The zero-order chi connectivity index (χ0) is 37.5. The molecule has 2 saturated carbocycles. The van der Waals surface area contributed by atoms with Crippen molar-refractivity contribution in [3.63, 3.8) is 0 Å². The lowest BCUT2D eigenvalue weighted by Crippen LogP contribution is -2.58. The number of rotatable bonds is 7. The molecule has 1 aromatic carbocycles. The number of sulfonamides is 1. The summed E-state index contributed by atoms with van der Waals surface area (Å²) in [5, 5.41) is 4.97. The largest absolute Gasteiger partial charge is 0.471 e. The van der Waals surface area contributed by atoms with Crippen LogP contribution in [0.3, 0.4) is 0 Å². The summed E-state index contributed by atoms with van der Waals surface area (Å²) >= 11 is 0. The van der Waals surface area contributed by atoms with Crippen LogP contribution in [0.1, 0.15) is 79.7 Å². The maximum atomic E-state index is 14.7. The molecule has 4 aliphatic rings. The smallest absolute Gasteiger partial charge is 0.272 e. The van der Waals surface area contributed by atoms with Crippen LogP contribution in [-0.4, -0.2) is 92.4 Å². The third-order valence-corrected chi connectivity index (χ3v) is 12.0. The number of benzene rings is 1. The second kappa shape index (κ2) is 14.4. The molecule has 3 aromatic rings. The normalized spacial score (nSPS) is 27.0. The summed E-state index contributed by atoms with van der Waals surface area (Å²) in [4.78, 5) is 74.2. The van der Waals surface area contributed by atoms with Crippen LogP contribution in [0.5, 0.6) is 5.88 Å². The zero-order valence-corrected chi connectivity index (χ0v) is 30.2. The predicted octanol–water partition coefficient (Wildman–Crippen LogP) is 2.33. The van der Waals surface area contributed by atoms with E-state index in [1.807, 2.05) is 12.2 Å². The Balaban J connectivity index is 1.20. The van der Waals surface area contributed by atoms with Crippen molar-refractivity contribution in [1.29, 1.82) is 0 Å². The van der Waals surface area contributed by atoms with Gasteiger partial charge < -0.3 is 20.3 Å². The second-order valence-corrected chi connectivity index (χ2v) is 16.2. The highest BCUT2D eigenvalue weighted by Gasteiger charge is 2.62. The van der Waals surface area contributed by atoms with Gasteiger partial charge in [-0.2, -0.15) is 0 Å². The first-order valence-corrected chi connectivity index (χ1v) is 19.4. The first-order chi connectivity index (χ1) is 25.3. The monoisotopic (exact) mass is 748 g/mol. The Morgan fingerprint density at radius 1 is 1.06 bits per heavy atom. The molecule has 0 bridgehead atoms. The number of nitrogens with one attached hydrogen (secondary N) is 3. The minimum absolute atomic E-state index is 0.00122. The highest BCUT2D eigenvalue weighted by Crippen LogP contribution is 2.46. The highest BCUT2D eigenvalue weighted by molar-refractivity contribution is 7.91. The average molecular weight is 749 g/mol. The van der Waals surface area contributed by atoms with Crippen LogP contribution >= 0.6 is 0 Å². The third-order valence-electron chi connectivity index (χ3n) is 10.2. The molecule has 2 aromatic heterocycles. The molecular weight excluding hydrogens is 708 g/mol. The number of ether oxygens (including phenoxy) is 1. The molecule has 280 valence electrons. The molecule has 2 aliphatic carbocycles. The van der Waals surface area contributed by atoms with Crippen LogP contribution < -0.4 is 20.1 Å². The number of aromatic nitrogens is 4. The average Bonchev–Trinajstić information content (AvgIpc) is 4.05. The summed E-state index contributed by atoms with van der Waals surface area (Å²) in [6.45, 7) is 3.27. The molecule has 4 heterocycles. The third kappa shape index (κ3) is 7.70. The summed E-state index contributed by atoms with van der Waals surface area (Å²) in [6, 6.07) is 2.16. The minimum atomic E-state index is -3.92. The molecular formula is C36H41FN8O7S. The fraction of sp³-hybridized carbons (Fsp3) is 0.500. The van der Waals surface area contributed by atoms with Crippen molar-refractivity contribution in [1.82, 2.24) is 40.2 Å². The molecule has 3 N–H and O–H groups in total. The Morgan fingerprint density at radius 2 is 1.87 bits per heavy atom. The molecule has 0 spiro atoms. The lowest BCUT2D eigenvalue weighted by molar-refractivity contribution is -0.141. The van der Waals surface area contributed by atoms with Gasteiger partial charge in [-0.3, -0.25) is 28.9 Å². The molecule has 5 unspecified atom stereocenters. The first-order valence-electron chi connectivity index (χ1n) is 17.9. The summed E-state index contributed by atoms with van der Waals surface area (Å²) in [6.07, 6.45) is 9.74. The number of allylic oxidation sites excluding steroid dienone is 1. The van der Waals surface area contributed by atoms with Gasteiger partial charge in [-0.05, 0) is 64.5 Å². The van der Waals surface area contributed by atoms with Crippen LogP contribution in [-0.2, 0) is 24.4 Å². The first kappa shape index (κ1) is 36.3. The second-order valence-electron chi connectivity index (χ2n) is 14.3. The van der Waals surface area contributed by atoms with E-state index in [-0.39, 0.29) is 42.9 Å². The van der Waals surface area contributed by atoms with Gasteiger partial charge in [0.25, 0.3) is 11.8 Å². The van der Waals surface area contributed by atoms with Gasteiger partial charge in [0.15, 0.2) is 5.82 Å². The van der Waals surface area contributed by atoms with Crippen molar-refractivity contribution in [2.24, 2.45) is 5.92 Å². The number of para-hydroxylation sites is 1. The summed E-state index contributed by atoms with van der Waals surface area (Å²) < 4.78 is 48.7. The van der Waals surface area contributed by atoms with Gasteiger partial charge >= 0.3 is 0 Å². The van der Waals surface area contributed by atoms with Crippen LogP contribution in [0, 0.1) is 25.6 Å². The number of fused-ring (bicyclic) bond motifs is 3. The Bertz CT molecular complexity index is 2090. The van der Waals surface area contributed by atoms with Crippen molar-refractivity contribution < 1.29 is 36.7 Å². The molecule has 17 heteroatoms. The topological polar surface area (TPSA) is 203 Å². The molecule has 5 atom stereocenters. The lowest BCUT2D eigenvalue weighted by atomic mass is 10.0. The van der Waals surface area contributed by atoms with Gasteiger partial charge in [0.05, 0.1) is 29.2 Å². The van der Waals surface area contributed by atoms with E-state index in [9.17, 15) is 32.0 Å². The minimum Gasteiger partial charge on any atom is -0.471 e.